The highest BCUT2D eigenvalue weighted by molar-refractivity contribution is 7.80. The fourth-order valence-electron chi connectivity index (χ4n) is 1.46. The Morgan fingerprint density at radius 1 is 1.44 bits per heavy atom. The van der Waals surface area contributed by atoms with Crippen LogP contribution in [0.3, 0.4) is 0 Å². The van der Waals surface area contributed by atoms with Crippen LogP contribution >= 0.6 is 12.2 Å². The molecule has 0 amide bonds. The van der Waals surface area contributed by atoms with Crippen molar-refractivity contribution in [3.8, 4) is 0 Å². The van der Waals surface area contributed by atoms with Crippen molar-refractivity contribution in [3.05, 3.63) is 29.6 Å². The van der Waals surface area contributed by atoms with E-state index < -0.39 is 0 Å². The van der Waals surface area contributed by atoms with Gasteiger partial charge in [-0.15, -0.1) is 0 Å². The maximum absolute atomic E-state index is 5.25. The molecule has 0 spiro atoms. The number of aryl methyl sites for hydroxylation is 1. The van der Waals surface area contributed by atoms with E-state index in [9.17, 15) is 0 Å². The Morgan fingerprint density at radius 2 is 2.28 bits per heavy atom. The number of nitrogens with one attached hydrogen (secondary N) is 2. The fraction of sp³-hybridized carbons (Fsp3) is 0.538. The number of ether oxygens (including phenoxy) is 1. The quantitative estimate of drug-likeness (QED) is 0.582. The van der Waals surface area contributed by atoms with Gasteiger partial charge in [0.05, 0.1) is 0 Å². The first-order valence-electron chi connectivity index (χ1n) is 6.23. The van der Waals surface area contributed by atoms with Crippen LogP contribution < -0.4 is 10.6 Å². The topological polar surface area (TPSA) is 46.2 Å². The summed E-state index contributed by atoms with van der Waals surface area (Å²) in [6.45, 7) is 7.14. The summed E-state index contributed by atoms with van der Waals surface area (Å²) < 4.78 is 5.25. The summed E-state index contributed by atoms with van der Waals surface area (Å²) in [6.07, 6.45) is 4.61. The number of rotatable bonds is 7. The predicted molar refractivity (Wildman–Crippen MR) is 77.5 cm³/mol. The molecular formula is C13H21N3OS. The van der Waals surface area contributed by atoms with Crippen LogP contribution in [0.5, 0.6) is 0 Å². The van der Waals surface area contributed by atoms with Gasteiger partial charge in [0.25, 0.3) is 0 Å². The van der Waals surface area contributed by atoms with Crippen LogP contribution in [0.25, 0.3) is 0 Å². The van der Waals surface area contributed by atoms with E-state index in [0.29, 0.717) is 5.11 Å². The van der Waals surface area contributed by atoms with Crippen molar-refractivity contribution < 1.29 is 4.74 Å². The number of aromatic nitrogens is 1. The average Bonchev–Trinajstić information content (AvgIpc) is 2.37. The molecule has 1 aromatic heterocycles. The Kier molecular flexibility index (Phi) is 7.29. The van der Waals surface area contributed by atoms with Crippen LogP contribution in [0.15, 0.2) is 18.5 Å². The van der Waals surface area contributed by atoms with E-state index in [1.54, 1.807) is 6.20 Å². The normalized spacial score (nSPS) is 10.1. The van der Waals surface area contributed by atoms with Gasteiger partial charge in [0, 0.05) is 38.7 Å². The molecule has 100 valence electrons. The highest BCUT2D eigenvalue weighted by Gasteiger charge is 1.99. The molecule has 4 nitrogen and oxygen atoms in total. The van der Waals surface area contributed by atoms with E-state index in [0.717, 1.165) is 32.7 Å². The molecular weight excluding hydrogens is 246 g/mol. The van der Waals surface area contributed by atoms with Crippen molar-refractivity contribution in [1.82, 2.24) is 15.6 Å². The number of nitrogens with zero attached hydrogens (tertiary/aromatic N) is 1. The van der Waals surface area contributed by atoms with E-state index >= 15 is 0 Å². The average molecular weight is 267 g/mol. The minimum Gasteiger partial charge on any atom is -0.382 e. The van der Waals surface area contributed by atoms with Crippen molar-refractivity contribution in [2.24, 2.45) is 0 Å². The van der Waals surface area contributed by atoms with Crippen LogP contribution in [0, 0.1) is 6.92 Å². The number of hydrogen-bond acceptors (Lipinski definition) is 3. The molecule has 0 fully saturated rings. The van der Waals surface area contributed by atoms with Crippen molar-refractivity contribution in [2.75, 3.05) is 19.8 Å². The Labute approximate surface area is 114 Å². The van der Waals surface area contributed by atoms with Gasteiger partial charge in [0.15, 0.2) is 5.11 Å². The van der Waals surface area contributed by atoms with E-state index in [-0.39, 0.29) is 0 Å². The molecule has 0 atom stereocenters. The SMILES string of the molecule is CCOCCCNC(=S)NCc1ccncc1C. The third-order valence-electron chi connectivity index (χ3n) is 2.53. The fourth-order valence-corrected chi connectivity index (χ4v) is 1.63. The second kappa shape index (κ2) is 8.83. The lowest BCUT2D eigenvalue weighted by Gasteiger charge is -2.11. The molecule has 1 rings (SSSR count). The van der Waals surface area contributed by atoms with Gasteiger partial charge in [-0.25, -0.2) is 0 Å². The summed E-state index contributed by atoms with van der Waals surface area (Å²) in [5, 5.41) is 7.02. The lowest BCUT2D eigenvalue weighted by atomic mass is 10.1. The molecule has 18 heavy (non-hydrogen) atoms. The predicted octanol–water partition coefficient (Wildman–Crippen LogP) is 1.78. The van der Waals surface area contributed by atoms with Gasteiger partial charge in [0.2, 0.25) is 0 Å². The van der Waals surface area contributed by atoms with Crippen molar-refractivity contribution in [2.45, 2.75) is 26.8 Å². The van der Waals surface area contributed by atoms with E-state index in [1.165, 1.54) is 11.1 Å². The number of thiocarbonyl (C=S) groups is 1. The van der Waals surface area contributed by atoms with Gasteiger partial charge in [0.1, 0.15) is 0 Å². The molecule has 0 aliphatic rings. The molecule has 1 aromatic rings. The van der Waals surface area contributed by atoms with Crippen molar-refractivity contribution >= 4 is 17.3 Å². The summed E-state index contributed by atoms with van der Waals surface area (Å²) in [5.41, 5.74) is 2.38. The Hall–Kier alpha value is -1.20. The molecule has 0 aliphatic carbocycles. The number of hydrogen-bond donors (Lipinski definition) is 2. The van der Waals surface area contributed by atoms with Crippen LogP contribution in [-0.2, 0) is 11.3 Å². The summed E-state index contributed by atoms with van der Waals surface area (Å²) >= 11 is 5.20. The third kappa shape index (κ3) is 5.93. The van der Waals surface area contributed by atoms with Crippen molar-refractivity contribution in [3.63, 3.8) is 0 Å². The van der Waals surface area contributed by atoms with E-state index in [1.807, 2.05) is 26.1 Å². The molecule has 1 heterocycles. The van der Waals surface area contributed by atoms with Crippen LogP contribution in [0.2, 0.25) is 0 Å². The molecule has 0 aliphatic heterocycles. The molecule has 0 aromatic carbocycles. The second-order valence-corrected chi connectivity index (χ2v) is 4.37. The Morgan fingerprint density at radius 3 is 3.00 bits per heavy atom. The molecule has 0 radical (unpaired) electrons. The second-order valence-electron chi connectivity index (χ2n) is 3.96. The first-order valence-corrected chi connectivity index (χ1v) is 6.63. The standard InChI is InChI=1S/C13H21N3OS/c1-3-17-8-4-6-15-13(18)16-10-12-5-7-14-9-11(12)2/h5,7,9H,3-4,6,8,10H2,1-2H3,(H2,15,16,18). The van der Waals surface area contributed by atoms with Crippen molar-refractivity contribution in [1.29, 1.82) is 0 Å². The third-order valence-corrected chi connectivity index (χ3v) is 2.82. The maximum atomic E-state index is 5.25. The lowest BCUT2D eigenvalue weighted by Crippen LogP contribution is -2.35. The molecule has 0 unspecified atom stereocenters. The summed E-state index contributed by atoms with van der Waals surface area (Å²) in [6, 6.07) is 2.00. The summed E-state index contributed by atoms with van der Waals surface area (Å²) in [5.74, 6) is 0. The molecule has 2 N–H and O–H groups in total. The van der Waals surface area contributed by atoms with Gasteiger partial charge < -0.3 is 15.4 Å². The van der Waals surface area contributed by atoms with E-state index in [4.69, 9.17) is 17.0 Å². The lowest BCUT2D eigenvalue weighted by molar-refractivity contribution is 0.145. The van der Waals surface area contributed by atoms with Crippen LogP contribution in [0.1, 0.15) is 24.5 Å². The van der Waals surface area contributed by atoms with Crippen LogP contribution in [0.4, 0.5) is 0 Å². The zero-order valence-corrected chi connectivity index (χ0v) is 11.8. The zero-order valence-electron chi connectivity index (χ0n) is 11.0. The summed E-state index contributed by atoms with van der Waals surface area (Å²) in [7, 11) is 0. The van der Waals surface area contributed by atoms with E-state index in [2.05, 4.69) is 15.6 Å². The Bertz CT molecular complexity index is 371. The summed E-state index contributed by atoms with van der Waals surface area (Å²) in [4.78, 5) is 4.06. The smallest absolute Gasteiger partial charge is 0.166 e. The largest absolute Gasteiger partial charge is 0.382 e. The van der Waals surface area contributed by atoms with Gasteiger partial charge in [-0.2, -0.15) is 0 Å². The molecule has 0 bridgehead atoms. The van der Waals surface area contributed by atoms with Gasteiger partial charge in [-0.3, -0.25) is 4.98 Å². The minimum atomic E-state index is 0.683. The molecule has 0 saturated heterocycles. The Balaban J connectivity index is 2.15. The van der Waals surface area contributed by atoms with Gasteiger partial charge in [-0.05, 0) is 49.7 Å². The minimum absolute atomic E-state index is 0.683. The maximum Gasteiger partial charge on any atom is 0.166 e. The molecule has 5 heteroatoms. The highest BCUT2D eigenvalue weighted by atomic mass is 32.1. The monoisotopic (exact) mass is 267 g/mol. The highest BCUT2D eigenvalue weighted by Crippen LogP contribution is 2.03. The first-order chi connectivity index (χ1) is 8.74. The van der Waals surface area contributed by atoms with Gasteiger partial charge in [-0.1, -0.05) is 0 Å². The van der Waals surface area contributed by atoms with Gasteiger partial charge >= 0.3 is 0 Å². The molecule has 0 saturated carbocycles. The first kappa shape index (κ1) is 14.9. The van der Waals surface area contributed by atoms with Crippen LogP contribution in [-0.4, -0.2) is 29.9 Å². The zero-order chi connectivity index (χ0) is 13.2. The number of pyridine rings is 1.